The molecular formula is C12H22O3S. The van der Waals surface area contributed by atoms with E-state index in [0.717, 1.165) is 25.7 Å². The Balaban J connectivity index is 2.87. The van der Waals surface area contributed by atoms with E-state index in [1.165, 1.54) is 0 Å². The molecule has 0 aliphatic carbocycles. The molecule has 1 aliphatic rings. The van der Waals surface area contributed by atoms with E-state index in [2.05, 4.69) is 0 Å². The van der Waals surface area contributed by atoms with Gasteiger partial charge in [-0.3, -0.25) is 0 Å². The molecule has 0 aromatic carbocycles. The van der Waals surface area contributed by atoms with E-state index >= 15 is 0 Å². The molecule has 0 aromatic rings. The van der Waals surface area contributed by atoms with E-state index in [9.17, 15) is 8.42 Å². The highest BCUT2D eigenvalue weighted by Gasteiger charge is 2.43. The van der Waals surface area contributed by atoms with Crippen molar-refractivity contribution in [3.63, 3.8) is 0 Å². The summed E-state index contributed by atoms with van der Waals surface area (Å²) in [4.78, 5) is 0. The van der Waals surface area contributed by atoms with Crippen molar-refractivity contribution in [3.05, 3.63) is 12.3 Å². The van der Waals surface area contributed by atoms with Gasteiger partial charge in [-0.2, -0.15) is 0 Å². The summed E-state index contributed by atoms with van der Waals surface area (Å²) in [7, 11) is -3.01. The molecule has 16 heavy (non-hydrogen) atoms. The van der Waals surface area contributed by atoms with Crippen LogP contribution in [-0.4, -0.2) is 25.5 Å². The molecule has 1 heterocycles. The van der Waals surface area contributed by atoms with E-state index < -0.39 is 14.6 Å². The Kier molecular flexibility index (Phi) is 4.84. The van der Waals surface area contributed by atoms with Gasteiger partial charge in [0.05, 0.1) is 12.0 Å². The van der Waals surface area contributed by atoms with Gasteiger partial charge in [0.15, 0.2) is 9.84 Å². The molecule has 94 valence electrons. The van der Waals surface area contributed by atoms with Gasteiger partial charge < -0.3 is 4.74 Å². The van der Waals surface area contributed by atoms with Gasteiger partial charge in [0.25, 0.3) is 0 Å². The fourth-order valence-electron chi connectivity index (χ4n) is 2.24. The SMILES string of the molecule is C/C=C/OCC1(CC)CCCCCS1(=O)=O. The minimum Gasteiger partial charge on any atom is -0.500 e. The molecule has 1 fully saturated rings. The van der Waals surface area contributed by atoms with Gasteiger partial charge in [0, 0.05) is 0 Å². The average Bonchev–Trinajstić information content (AvgIpc) is 2.39. The van der Waals surface area contributed by atoms with E-state index in [1.54, 1.807) is 12.3 Å². The molecule has 1 atom stereocenters. The summed E-state index contributed by atoms with van der Waals surface area (Å²) in [6, 6.07) is 0. The summed E-state index contributed by atoms with van der Waals surface area (Å²) in [5, 5.41) is 0. The fourth-order valence-corrected chi connectivity index (χ4v) is 4.40. The van der Waals surface area contributed by atoms with Gasteiger partial charge in [-0.15, -0.1) is 0 Å². The fraction of sp³-hybridized carbons (Fsp3) is 0.833. The Bertz CT molecular complexity index is 332. The maximum absolute atomic E-state index is 12.2. The minimum atomic E-state index is -3.01. The first-order valence-electron chi connectivity index (χ1n) is 6.03. The largest absolute Gasteiger partial charge is 0.500 e. The van der Waals surface area contributed by atoms with Gasteiger partial charge >= 0.3 is 0 Å². The molecule has 4 heteroatoms. The zero-order chi connectivity index (χ0) is 12.1. The first-order chi connectivity index (χ1) is 7.58. The van der Waals surface area contributed by atoms with Crippen molar-refractivity contribution >= 4 is 9.84 Å². The molecular weight excluding hydrogens is 224 g/mol. The van der Waals surface area contributed by atoms with Crippen LogP contribution in [0.2, 0.25) is 0 Å². The van der Waals surface area contributed by atoms with Crippen LogP contribution in [0.4, 0.5) is 0 Å². The van der Waals surface area contributed by atoms with Crippen molar-refractivity contribution in [1.82, 2.24) is 0 Å². The Morgan fingerprint density at radius 2 is 2.06 bits per heavy atom. The van der Waals surface area contributed by atoms with Crippen LogP contribution in [-0.2, 0) is 14.6 Å². The van der Waals surface area contributed by atoms with Gasteiger partial charge in [-0.25, -0.2) is 8.42 Å². The Hall–Kier alpha value is -0.510. The second kappa shape index (κ2) is 5.71. The molecule has 0 bridgehead atoms. The molecule has 1 aliphatic heterocycles. The van der Waals surface area contributed by atoms with Crippen LogP contribution in [0.3, 0.4) is 0 Å². The third-order valence-corrected chi connectivity index (χ3v) is 6.18. The smallest absolute Gasteiger partial charge is 0.159 e. The van der Waals surface area contributed by atoms with Crippen molar-refractivity contribution < 1.29 is 13.2 Å². The standard InChI is InChI=1S/C12H22O3S/c1-3-9-15-11-12(4-2)8-6-5-7-10-16(12,13)14/h3,9H,4-8,10-11H2,1-2H3/b9-3+. The molecule has 0 amide bonds. The van der Waals surface area contributed by atoms with Crippen LogP contribution in [0.1, 0.15) is 46.0 Å². The lowest BCUT2D eigenvalue weighted by Gasteiger charge is -2.30. The summed E-state index contributed by atoms with van der Waals surface area (Å²) >= 11 is 0. The predicted octanol–water partition coefficient (Wildman–Crippen LogP) is 2.67. The van der Waals surface area contributed by atoms with Crippen LogP contribution in [0.15, 0.2) is 12.3 Å². The van der Waals surface area contributed by atoms with E-state index in [4.69, 9.17) is 4.74 Å². The second-order valence-corrected chi connectivity index (χ2v) is 6.95. The van der Waals surface area contributed by atoms with Crippen LogP contribution >= 0.6 is 0 Å². The molecule has 0 spiro atoms. The topological polar surface area (TPSA) is 43.4 Å². The van der Waals surface area contributed by atoms with Crippen LogP contribution in [0.25, 0.3) is 0 Å². The Morgan fingerprint density at radius 3 is 2.69 bits per heavy atom. The highest BCUT2D eigenvalue weighted by Crippen LogP contribution is 2.33. The lowest BCUT2D eigenvalue weighted by atomic mass is 9.99. The van der Waals surface area contributed by atoms with Gasteiger partial charge in [-0.05, 0) is 26.2 Å². The third-order valence-electron chi connectivity index (χ3n) is 3.43. The van der Waals surface area contributed by atoms with Gasteiger partial charge in [0.2, 0.25) is 0 Å². The highest BCUT2D eigenvalue weighted by molar-refractivity contribution is 7.92. The maximum atomic E-state index is 12.2. The monoisotopic (exact) mass is 246 g/mol. The number of allylic oxidation sites excluding steroid dienone is 1. The zero-order valence-electron chi connectivity index (χ0n) is 10.2. The van der Waals surface area contributed by atoms with Crippen molar-refractivity contribution in [3.8, 4) is 0 Å². The second-order valence-electron chi connectivity index (χ2n) is 4.45. The third kappa shape index (κ3) is 2.78. The number of sulfone groups is 1. The minimum absolute atomic E-state index is 0.302. The van der Waals surface area contributed by atoms with Gasteiger partial charge in [-0.1, -0.05) is 25.8 Å². The summed E-state index contributed by atoms with van der Waals surface area (Å²) in [5.74, 6) is 0.319. The number of hydrogen-bond donors (Lipinski definition) is 0. The summed E-state index contributed by atoms with van der Waals surface area (Å²) in [6.07, 6.45) is 7.56. The number of hydrogen-bond acceptors (Lipinski definition) is 3. The van der Waals surface area contributed by atoms with Crippen LogP contribution < -0.4 is 0 Å². The van der Waals surface area contributed by atoms with Gasteiger partial charge in [0.1, 0.15) is 11.4 Å². The van der Waals surface area contributed by atoms with Crippen molar-refractivity contribution in [2.75, 3.05) is 12.4 Å². The number of rotatable bonds is 4. The molecule has 0 N–H and O–H groups in total. The molecule has 1 saturated heterocycles. The Morgan fingerprint density at radius 1 is 1.31 bits per heavy atom. The van der Waals surface area contributed by atoms with Crippen molar-refractivity contribution in [2.45, 2.75) is 50.7 Å². The van der Waals surface area contributed by atoms with Crippen molar-refractivity contribution in [2.24, 2.45) is 0 Å². The number of ether oxygens (including phenoxy) is 1. The summed E-state index contributed by atoms with van der Waals surface area (Å²) in [6.45, 7) is 4.11. The average molecular weight is 246 g/mol. The lowest BCUT2D eigenvalue weighted by molar-refractivity contribution is 0.196. The molecule has 1 rings (SSSR count). The normalized spacial score (nSPS) is 30.1. The van der Waals surface area contributed by atoms with Crippen molar-refractivity contribution in [1.29, 1.82) is 0 Å². The van der Waals surface area contributed by atoms with Crippen LogP contribution in [0, 0.1) is 0 Å². The summed E-state index contributed by atoms with van der Waals surface area (Å²) in [5.41, 5.74) is 0. The van der Waals surface area contributed by atoms with Crippen LogP contribution in [0.5, 0.6) is 0 Å². The molecule has 0 radical (unpaired) electrons. The molecule has 3 nitrogen and oxygen atoms in total. The summed E-state index contributed by atoms with van der Waals surface area (Å²) < 4.78 is 29.2. The van der Waals surface area contributed by atoms with E-state index in [1.807, 2.05) is 13.8 Å². The first-order valence-corrected chi connectivity index (χ1v) is 7.68. The zero-order valence-corrected chi connectivity index (χ0v) is 11.1. The molecule has 0 saturated carbocycles. The molecule has 0 aromatic heterocycles. The first kappa shape index (κ1) is 13.6. The predicted molar refractivity (Wildman–Crippen MR) is 66.0 cm³/mol. The maximum Gasteiger partial charge on any atom is 0.159 e. The lowest BCUT2D eigenvalue weighted by Crippen LogP contribution is -2.42. The quantitative estimate of drug-likeness (QED) is 0.716. The van der Waals surface area contributed by atoms with E-state index in [0.29, 0.717) is 18.8 Å². The van der Waals surface area contributed by atoms with E-state index in [-0.39, 0.29) is 0 Å². The molecule has 1 unspecified atom stereocenters. The highest BCUT2D eigenvalue weighted by atomic mass is 32.2. The Labute approximate surface area is 98.8 Å².